The number of nitrogens with zero attached hydrogens (tertiary/aromatic N) is 1. The third-order valence-electron chi connectivity index (χ3n) is 3.79. The Morgan fingerprint density at radius 3 is 2.62 bits per heavy atom. The van der Waals surface area contributed by atoms with Gasteiger partial charge in [-0.3, -0.25) is 4.79 Å². The molecule has 2 aromatic heterocycles. The van der Waals surface area contributed by atoms with Gasteiger partial charge in [-0.1, -0.05) is 12.1 Å². The second-order valence-corrected chi connectivity index (χ2v) is 5.65. The molecule has 0 aliphatic carbocycles. The fourth-order valence-corrected chi connectivity index (χ4v) is 2.57. The Hall–Kier alpha value is -3.21. The van der Waals surface area contributed by atoms with E-state index in [1.807, 2.05) is 31.2 Å². The molecular weight excluding hydrogens is 307 g/mol. The van der Waals surface area contributed by atoms with Gasteiger partial charge in [0.1, 0.15) is 5.82 Å². The van der Waals surface area contributed by atoms with Crippen LogP contribution in [0.1, 0.15) is 16.1 Å². The molecule has 2 heterocycles. The van der Waals surface area contributed by atoms with Crippen LogP contribution in [0.5, 0.6) is 0 Å². The number of carbonyl (C=O) groups excluding carboxylic acids is 1. The first-order valence-electron chi connectivity index (χ1n) is 7.46. The molecule has 0 fully saturated rings. The van der Waals surface area contributed by atoms with Crippen LogP contribution in [0.15, 0.2) is 59.0 Å². The molecule has 0 saturated heterocycles. The van der Waals surface area contributed by atoms with E-state index in [1.165, 1.54) is 24.3 Å². The maximum absolute atomic E-state index is 12.9. The molecule has 0 bridgehead atoms. The highest BCUT2D eigenvalue weighted by Gasteiger charge is 2.14. The number of fused-ring (bicyclic) bond motifs is 2. The lowest BCUT2D eigenvalue weighted by Crippen LogP contribution is -2.10. The van der Waals surface area contributed by atoms with Gasteiger partial charge in [-0.2, -0.15) is 0 Å². The van der Waals surface area contributed by atoms with Crippen molar-refractivity contribution in [1.29, 1.82) is 0 Å². The highest BCUT2D eigenvalue weighted by Crippen LogP contribution is 2.24. The van der Waals surface area contributed by atoms with Crippen LogP contribution in [0.25, 0.3) is 22.0 Å². The van der Waals surface area contributed by atoms with Crippen LogP contribution in [0.3, 0.4) is 0 Å². The van der Waals surface area contributed by atoms with E-state index in [4.69, 9.17) is 4.42 Å². The maximum atomic E-state index is 12.9. The average molecular weight is 320 g/mol. The predicted octanol–water partition coefficient (Wildman–Crippen LogP) is 4.68. The molecule has 4 aromatic rings. The monoisotopic (exact) mass is 320 g/mol. The van der Waals surface area contributed by atoms with E-state index in [-0.39, 0.29) is 11.6 Å². The minimum Gasteiger partial charge on any atom is -0.433 e. The SMILES string of the molecule is Cc1ccc2cc3cc(C(=O)Nc4ccc(F)cc4)oc3nc2c1. The largest absolute Gasteiger partial charge is 0.433 e. The highest BCUT2D eigenvalue weighted by molar-refractivity contribution is 6.05. The second kappa shape index (κ2) is 5.45. The number of hydrogen-bond donors (Lipinski definition) is 1. The number of furan rings is 1. The molecule has 0 radical (unpaired) electrons. The lowest BCUT2D eigenvalue weighted by atomic mass is 10.1. The molecule has 4 nitrogen and oxygen atoms in total. The van der Waals surface area contributed by atoms with Gasteiger partial charge in [0.25, 0.3) is 5.91 Å². The van der Waals surface area contributed by atoms with Gasteiger partial charge in [-0.15, -0.1) is 0 Å². The van der Waals surface area contributed by atoms with Crippen LogP contribution in [0, 0.1) is 12.7 Å². The van der Waals surface area contributed by atoms with Crippen molar-refractivity contribution in [2.24, 2.45) is 0 Å². The lowest BCUT2D eigenvalue weighted by Gasteiger charge is -2.02. The Balaban J connectivity index is 1.69. The zero-order chi connectivity index (χ0) is 16.7. The van der Waals surface area contributed by atoms with Gasteiger partial charge in [-0.05, 0) is 55.0 Å². The number of rotatable bonds is 2. The molecule has 1 N–H and O–H groups in total. The number of amides is 1. The van der Waals surface area contributed by atoms with Gasteiger partial charge in [0.2, 0.25) is 5.71 Å². The van der Waals surface area contributed by atoms with Crippen LogP contribution >= 0.6 is 0 Å². The normalized spacial score (nSPS) is 11.1. The summed E-state index contributed by atoms with van der Waals surface area (Å²) >= 11 is 0. The molecule has 24 heavy (non-hydrogen) atoms. The number of nitrogens with one attached hydrogen (secondary N) is 1. The van der Waals surface area contributed by atoms with Crippen molar-refractivity contribution in [1.82, 2.24) is 4.98 Å². The van der Waals surface area contributed by atoms with E-state index in [0.29, 0.717) is 11.4 Å². The van der Waals surface area contributed by atoms with Crippen LogP contribution in [0.4, 0.5) is 10.1 Å². The average Bonchev–Trinajstić information content (AvgIpc) is 2.97. The minimum atomic E-state index is -0.403. The molecule has 5 heteroatoms. The summed E-state index contributed by atoms with van der Waals surface area (Å²) in [6.07, 6.45) is 0. The molecule has 0 spiro atoms. The predicted molar refractivity (Wildman–Crippen MR) is 90.6 cm³/mol. The molecule has 2 aromatic carbocycles. The van der Waals surface area contributed by atoms with Crippen molar-refractivity contribution >= 4 is 33.6 Å². The first-order chi connectivity index (χ1) is 11.6. The molecule has 0 unspecified atom stereocenters. The highest BCUT2D eigenvalue weighted by atomic mass is 19.1. The fourth-order valence-electron chi connectivity index (χ4n) is 2.57. The number of halogens is 1. The van der Waals surface area contributed by atoms with Crippen LogP contribution in [0.2, 0.25) is 0 Å². The summed E-state index contributed by atoms with van der Waals surface area (Å²) in [5.41, 5.74) is 2.84. The first-order valence-corrected chi connectivity index (χ1v) is 7.46. The van der Waals surface area contributed by atoms with E-state index in [2.05, 4.69) is 10.3 Å². The van der Waals surface area contributed by atoms with Crippen molar-refractivity contribution in [3.05, 3.63) is 71.7 Å². The first kappa shape index (κ1) is 14.4. The van der Waals surface area contributed by atoms with E-state index in [9.17, 15) is 9.18 Å². The zero-order valence-corrected chi connectivity index (χ0v) is 12.8. The van der Waals surface area contributed by atoms with Crippen LogP contribution in [-0.2, 0) is 0 Å². The summed E-state index contributed by atoms with van der Waals surface area (Å²) < 4.78 is 18.5. The van der Waals surface area contributed by atoms with Crippen LogP contribution in [-0.4, -0.2) is 10.9 Å². The van der Waals surface area contributed by atoms with E-state index in [1.54, 1.807) is 6.07 Å². The Labute approximate surface area is 136 Å². The van der Waals surface area contributed by atoms with Crippen LogP contribution < -0.4 is 5.32 Å². The van der Waals surface area contributed by atoms with Gasteiger partial charge < -0.3 is 9.73 Å². The summed E-state index contributed by atoms with van der Waals surface area (Å²) in [5, 5.41) is 4.42. The maximum Gasteiger partial charge on any atom is 0.291 e. The topological polar surface area (TPSA) is 55.1 Å². The summed E-state index contributed by atoms with van der Waals surface area (Å²) in [6.45, 7) is 2.00. The molecular formula is C19H13FN2O2. The lowest BCUT2D eigenvalue weighted by molar-refractivity contribution is 0.0998. The Kier molecular flexibility index (Phi) is 3.27. The van der Waals surface area contributed by atoms with Crippen molar-refractivity contribution in [2.75, 3.05) is 5.32 Å². The van der Waals surface area contributed by atoms with E-state index >= 15 is 0 Å². The van der Waals surface area contributed by atoms with Gasteiger partial charge >= 0.3 is 0 Å². The number of aromatic nitrogens is 1. The molecule has 1 amide bonds. The van der Waals surface area contributed by atoms with Crippen molar-refractivity contribution in [3.8, 4) is 0 Å². The smallest absolute Gasteiger partial charge is 0.291 e. The number of anilines is 1. The van der Waals surface area contributed by atoms with Gasteiger partial charge in [0, 0.05) is 16.5 Å². The number of aryl methyl sites for hydroxylation is 1. The second-order valence-electron chi connectivity index (χ2n) is 5.65. The molecule has 0 saturated carbocycles. The number of pyridine rings is 1. The van der Waals surface area contributed by atoms with Gasteiger partial charge in [-0.25, -0.2) is 9.37 Å². The third kappa shape index (κ3) is 2.60. The number of carbonyl (C=O) groups is 1. The van der Waals surface area contributed by atoms with Crippen molar-refractivity contribution in [2.45, 2.75) is 6.92 Å². The van der Waals surface area contributed by atoms with E-state index in [0.717, 1.165) is 21.9 Å². The molecule has 4 rings (SSSR count). The molecule has 118 valence electrons. The summed E-state index contributed by atoms with van der Waals surface area (Å²) in [4.78, 5) is 16.8. The third-order valence-corrected chi connectivity index (χ3v) is 3.79. The molecule has 0 aliphatic heterocycles. The van der Waals surface area contributed by atoms with Crippen molar-refractivity contribution < 1.29 is 13.6 Å². The fraction of sp³-hybridized carbons (Fsp3) is 0.0526. The zero-order valence-electron chi connectivity index (χ0n) is 12.8. The van der Waals surface area contributed by atoms with Gasteiger partial charge in [0.05, 0.1) is 5.52 Å². The minimum absolute atomic E-state index is 0.161. The Morgan fingerprint density at radius 2 is 1.83 bits per heavy atom. The Bertz CT molecular complexity index is 1070. The molecule has 0 aliphatic rings. The van der Waals surface area contributed by atoms with Gasteiger partial charge in [0.15, 0.2) is 5.76 Å². The standard InChI is InChI=1S/C19H13FN2O2/c1-11-2-3-12-9-13-10-17(24-19(13)22-16(12)8-11)18(23)21-15-6-4-14(20)5-7-15/h2-10H,1H3,(H,21,23). The summed E-state index contributed by atoms with van der Waals surface area (Å²) in [5.74, 6) is -0.600. The quantitative estimate of drug-likeness (QED) is 0.583. The Morgan fingerprint density at radius 1 is 1.04 bits per heavy atom. The number of hydrogen-bond acceptors (Lipinski definition) is 3. The number of benzene rings is 2. The van der Waals surface area contributed by atoms with Crippen molar-refractivity contribution in [3.63, 3.8) is 0 Å². The van der Waals surface area contributed by atoms with E-state index < -0.39 is 5.91 Å². The summed E-state index contributed by atoms with van der Waals surface area (Å²) in [7, 11) is 0. The summed E-state index contributed by atoms with van der Waals surface area (Å²) in [6, 6.07) is 15.1. The molecule has 0 atom stereocenters.